The lowest BCUT2D eigenvalue weighted by Crippen LogP contribution is -2.38. The number of ether oxygens (including phenoxy) is 1. The fourth-order valence-corrected chi connectivity index (χ4v) is 4.64. The molecule has 1 atom stereocenters. The van der Waals surface area contributed by atoms with Gasteiger partial charge in [0.15, 0.2) is 0 Å². The van der Waals surface area contributed by atoms with Crippen LogP contribution in [0.3, 0.4) is 0 Å². The van der Waals surface area contributed by atoms with Gasteiger partial charge in [-0.3, -0.25) is 4.79 Å². The van der Waals surface area contributed by atoms with Crippen LogP contribution in [-0.2, 0) is 15.7 Å². The molecule has 12 heteroatoms. The number of nitrogens with one attached hydrogen (secondary N) is 2. The van der Waals surface area contributed by atoms with Crippen molar-refractivity contribution in [3.63, 3.8) is 0 Å². The van der Waals surface area contributed by atoms with Crippen molar-refractivity contribution in [3.8, 4) is 5.95 Å². The zero-order chi connectivity index (χ0) is 28.2. The number of hydrogen-bond donors (Lipinski definition) is 2. The molecule has 0 saturated heterocycles. The molecule has 1 amide bonds. The molecule has 1 aliphatic carbocycles. The lowest BCUT2D eigenvalue weighted by atomic mass is 9.61. The zero-order valence-electron chi connectivity index (χ0n) is 21.7. The molecule has 9 nitrogen and oxygen atoms in total. The van der Waals surface area contributed by atoms with Gasteiger partial charge in [0.1, 0.15) is 0 Å². The first-order chi connectivity index (χ1) is 18.4. The van der Waals surface area contributed by atoms with E-state index >= 15 is 0 Å². The van der Waals surface area contributed by atoms with Crippen molar-refractivity contribution in [2.24, 2.45) is 11.3 Å². The lowest BCUT2D eigenvalue weighted by molar-refractivity contribution is -0.138. The second-order valence-corrected chi connectivity index (χ2v) is 10.1. The van der Waals surface area contributed by atoms with E-state index in [0.717, 1.165) is 41.6 Å². The van der Waals surface area contributed by atoms with Crippen molar-refractivity contribution in [1.29, 1.82) is 0 Å². The predicted octanol–water partition coefficient (Wildman–Crippen LogP) is 5.08. The second-order valence-electron chi connectivity index (χ2n) is 10.1. The minimum absolute atomic E-state index is 0.0183. The summed E-state index contributed by atoms with van der Waals surface area (Å²) in [6, 6.07) is 7.04. The van der Waals surface area contributed by atoms with E-state index in [1.165, 1.54) is 18.6 Å². The molecule has 1 fully saturated rings. The quantitative estimate of drug-likeness (QED) is 0.287. The van der Waals surface area contributed by atoms with Crippen molar-refractivity contribution in [1.82, 2.24) is 25.1 Å². The summed E-state index contributed by atoms with van der Waals surface area (Å²) in [4.78, 5) is 32.2. The van der Waals surface area contributed by atoms with E-state index in [4.69, 9.17) is 4.74 Å². The number of carbonyl (C=O) groups is 2. The van der Waals surface area contributed by atoms with Crippen LogP contribution in [0.1, 0.15) is 61.1 Å². The summed E-state index contributed by atoms with van der Waals surface area (Å²) >= 11 is 0. The summed E-state index contributed by atoms with van der Waals surface area (Å²) in [5.41, 5.74) is 1.31. The van der Waals surface area contributed by atoms with E-state index in [1.807, 2.05) is 12.1 Å². The van der Waals surface area contributed by atoms with E-state index in [2.05, 4.69) is 39.5 Å². The number of anilines is 1. The highest BCUT2D eigenvalue weighted by Gasteiger charge is 2.41. The van der Waals surface area contributed by atoms with E-state index < -0.39 is 17.7 Å². The van der Waals surface area contributed by atoms with Crippen molar-refractivity contribution in [3.05, 3.63) is 78.0 Å². The number of aromatic nitrogens is 4. The third kappa shape index (κ3) is 7.01. The number of carbonyl (C=O) groups excluding carboxylic acids is 2. The third-order valence-corrected chi connectivity index (χ3v) is 6.43. The molecule has 1 aliphatic rings. The van der Waals surface area contributed by atoms with Crippen LogP contribution in [0.2, 0.25) is 0 Å². The number of rotatable bonds is 9. The Hall–Kier alpha value is -4.22. The number of esters is 1. The summed E-state index contributed by atoms with van der Waals surface area (Å²) < 4.78 is 44.4. The number of alkyl halides is 3. The van der Waals surface area contributed by atoms with Gasteiger partial charge < -0.3 is 15.4 Å². The van der Waals surface area contributed by atoms with Gasteiger partial charge >= 0.3 is 12.1 Å². The van der Waals surface area contributed by atoms with Crippen LogP contribution in [-0.4, -0.2) is 38.2 Å². The minimum atomic E-state index is -4.50. The van der Waals surface area contributed by atoms with Crippen molar-refractivity contribution < 1.29 is 27.5 Å². The SMILES string of the molecule is CCOC(=O)/C=C/NC(=O)c1ccc(C(Nc2cnc(-n3cc(C(F)(F)F)cn3)nc2)C2CC(C)(C)C2)cc1. The predicted molar refractivity (Wildman–Crippen MR) is 137 cm³/mol. The topological polar surface area (TPSA) is 111 Å². The molecule has 1 unspecified atom stereocenters. The van der Waals surface area contributed by atoms with Gasteiger partial charge in [-0.2, -0.15) is 18.3 Å². The molecule has 39 heavy (non-hydrogen) atoms. The van der Waals surface area contributed by atoms with Crippen LogP contribution in [0, 0.1) is 11.3 Å². The first-order valence-corrected chi connectivity index (χ1v) is 12.4. The summed E-state index contributed by atoms with van der Waals surface area (Å²) in [6.07, 6.45) is 4.43. The molecule has 4 rings (SSSR count). The van der Waals surface area contributed by atoms with E-state index in [0.29, 0.717) is 17.2 Å². The van der Waals surface area contributed by atoms with Crippen LogP contribution < -0.4 is 10.6 Å². The average Bonchev–Trinajstić information content (AvgIpc) is 3.38. The Morgan fingerprint density at radius 1 is 1.15 bits per heavy atom. The Kier molecular flexibility index (Phi) is 8.03. The van der Waals surface area contributed by atoms with Crippen LogP contribution in [0.5, 0.6) is 0 Å². The highest BCUT2D eigenvalue weighted by Crippen LogP contribution is 2.51. The molecule has 2 aromatic heterocycles. The monoisotopic (exact) mass is 542 g/mol. The first kappa shape index (κ1) is 27.8. The van der Waals surface area contributed by atoms with Gasteiger partial charge in [0, 0.05) is 24.0 Å². The maximum absolute atomic E-state index is 12.9. The molecule has 206 valence electrons. The maximum atomic E-state index is 12.9. The van der Waals surface area contributed by atoms with Crippen LogP contribution in [0.25, 0.3) is 5.95 Å². The summed E-state index contributed by atoms with van der Waals surface area (Å²) in [5.74, 6) is -0.581. The lowest BCUT2D eigenvalue weighted by Gasteiger charge is -2.47. The highest BCUT2D eigenvalue weighted by molar-refractivity contribution is 5.95. The Morgan fingerprint density at radius 3 is 2.38 bits per heavy atom. The second kappa shape index (κ2) is 11.3. The van der Waals surface area contributed by atoms with Crippen LogP contribution >= 0.6 is 0 Å². The molecule has 3 aromatic rings. The van der Waals surface area contributed by atoms with Crippen molar-refractivity contribution in [2.45, 2.75) is 45.8 Å². The smallest absolute Gasteiger partial charge is 0.419 e. The number of amides is 1. The number of benzene rings is 1. The van der Waals surface area contributed by atoms with Crippen LogP contribution in [0.15, 0.2) is 61.3 Å². The highest BCUT2D eigenvalue weighted by atomic mass is 19.4. The first-order valence-electron chi connectivity index (χ1n) is 12.4. The summed E-state index contributed by atoms with van der Waals surface area (Å²) in [6.45, 7) is 6.34. The van der Waals surface area contributed by atoms with Gasteiger partial charge in [-0.05, 0) is 48.8 Å². The normalized spacial score (nSPS) is 15.9. The molecule has 2 heterocycles. The Balaban J connectivity index is 1.47. The van der Waals surface area contributed by atoms with Crippen molar-refractivity contribution >= 4 is 17.6 Å². The van der Waals surface area contributed by atoms with E-state index in [9.17, 15) is 22.8 Å². The molecule has 0 aliphatic heterocycles. The summed E-state index contributed by atoms with van der Waals surface area (Å²) in [5, 5.41) is 9.70. The van der Waals surface area contributed by atoms with Gasteiger partial charge in [0.05, 0.1) is 42.5 Å². The fourth-order valence-electron chi connectivity index (χ4n) is 4.64. The number of halogens is 3. The fraction of sp³-hybridized carbons (Fsp3) is 0.370. The molecule has 0 radical (unpaired) electrons. The van der Waals surface area contributed by atoms with E-state index in [-0.39, 0.29) is 29.9 Å². The average molecular weight is 543 g/mol. The molecular formula is C27H29F3N6O3. The van der Waals surface area contributed by atoms with Gasteiger partial charge in [0.25, 0.3) is 11.9 Å². The molecule has 1 aromatic carbocycles. The standard InChI is InChI=1S/C27H29F3N6O3/c1-4-39-22(37)9-10-31-24(38)18-7-5-17(6-8-18)23(19-11-26(2,3)12-19)35-21-14-32-25(33-15-21)36-16-20(13-34-36)27(28,29)30/h5-10,13-16,19,23,35H,4,11-12H2,1-3H3,(H,31,38)/b10-9+. The van der Waals surface area contributed by atoms with Gasteiger partial charge in [-0.1, -0.05) is 26.0 Å². The Labute approximate surface area is 223 Å². The van der Waals surface area contributed by atoms with Gasteiger partial charge in [-0.15, -0.1) is 0 Å². The maximum Gasteiger partial charge on any atom is 0.419 e. The third-order valence-electron chi connectivity index (χ3n) is 6.43. The molecule has 2 N–H and O–H groups in total. The number of nitrogens with zero attached hydrogens (tertiary/aromatic N) is 4. The zero-order valence-corrected chi connectivity index (χ0v) is 21.7. The minimum Gasteiger partial charge on any atom is -0.463 e. The molecule has 0 spiro atoms. The van der Waals surface area contributed by atoms with Gasteiger partial charge in [0.2, 0.25) is 0 Å². The Morgan fingerprint density at radius 2 is 1.82 bits per heavy atom. The molecule has 1 saturated carbocycles. The number of hydrogen-bond acceptors (Lipinski definition) is 7. The molecule has 0 bridgehead atoms. The largest absolute Gasteiger partial charge is 0.463 e. The Bertz CT molecular complexity index is 1330. The van der Waals surface area contributed by atoms with E-state index in [1.54, 1.807) is 19.1 Å². The van der Waals surface area contributed by atoms with Crippen LogP contribution in [0.4, 0.5) is 18.9 Å². The van der Waals surface area contributed by atoms with Gasteiger partial charge in [-0.25, -0.2) is 19.4 Å². The molecular weight excluding hydrogens is 513 g/mol. The van der Waals surface area contributed by atoms with Crippen molar-refractivity contribution in [2.75, 3.05) is 11.9 Å². The summed E-state index contributed by atoms with van der Waals surface area (Å²) in [7, 11) is 0.